The van der Waals surface area contributed by atoms with Gasteiger partial charge in [0.1, 0.15) is 0 Å². The summed E-state index contributed by atoms with van der Waals surface area (Å²) in [4.78, 5) is 10.9. The molecule has 0 spiro atoms. The lowest BCUT2D eigenvalue weighted by molar-refractivity contribution is -0.178. The molecule has 1 rings (SSSR count). The minimum absolute atomic E-state index is 0.281. The van der Waals surface area contributed by atoms with E-state index in [1.54, 1.807) is 0 Å². The van der Waals surface area contributed by atoms with Gasteiger partial charge in [0, 0.05) is 11.6 Å². The van der Waals surface area contributed by atoms with Crippen molar-refractivity contribution in [3.8, 4) is 0 Å². The van der Waals surface area contributed by atoms with E-state index in [2.05, 4.69) is 11.3 Å². The number of hydrogen-bond acceptors (Lipinski definition) is 2. The van der Waals surface area contributed by atoms with Gasteiger partial charge in [-0.2, -0.15) is 4.39 Å². The summed E-state index contributed by atoms with van der Waals surface area (Å²) in [6.45, 7) is 4.19. The standard InChI is InChI=1S/C10H7F5O2/c1-4(2)9(16)17-10(15)3-5(11)6(12)7(13)8(10)14/h3,8H,1H2,2H3. The molecule has 1 aliphatic carbocycles. The lowest BCUT2D eigenvalue weighted by atomic mass is 10.0. The van der Waals surface area contributed by atoms with Gasteiger partial charge in [-0.05, 0) is 6.92 Å². The van der Waals surface area contributed by atoms with Crippen LogP contribution in [0.4, 0.5) is 22.0 Å². The van der Waals surface area contributed by atoms with Crippen LogP contribution in [0.5, 0.6) is 0 Å². The monoisotopic (exact) mass is 254 g/mol. The van der Waals surface area contributed by atoms with Gasteiger partial charge in [0.2, 0.25) is 6.17 Å². The molecule has 7 heteroatoms. The molecule has 0 aromatic carbocycles. The van der Waals surface area contributed by atoms with Gasteiger partial charge in [0.05, 0.1) is 0 Å². The molecular formula is C10H7F5O2. The zero-order valence-corrected chi connectivity index (χ0v) is 8.57. The van der Waals surface area contributed by atoms with Crippen LogP contribution in [0.3, 0.4) is 0 Å². The summed E-state index contributed by atoms with van der Waals surface area (Å²) in [5.41, 5.74) is -0.307. The van der Waals surface area contributed by atoms with Crippen molar-refractivity contribution in [3.05, 3.63) is 35.7 Å². The van der Waals surface area contributed by atoms with E-state index >= 15 is 0 Å². The van der Waals surface area contributed by atoms with Gasteiger partial charge in [-0.25, -0.2) is 22.4 Å². The first kappa shape index (κ1) is 13.4. The summed E-state index contributed by atoms with van der Waals surface area (Å²) in [7, 11) is 0. The van der Waals surface area contributed by atoms with Crippen molar-refractivity contribution in [3.63, 3.8) is 0 Å². The summed E-state index contributed by atoms with van der Waals surface area (Å²) < 4.78 is 68.7. The smallest absolute Gasteiger partial charge is 0.336 e. The second-order valence-electron chi connectivity index (χ2n) is 3.38. The van der Waals surface area contributed by atoms with E-state index in [1.807, 2.05) is 0 Å². The van der Waals surface area contributed by atoms with E-state index in [-0.39, 0.29) is 11.6 Å². The maximum atomic E-state index is 13.6. The van der Waals surface area contributed by atoms with Crippen molar-refractivity contribution < 1.29 is 31.5 Å². The molecule has 1 aliphatic rings. The molecule has 2 atom stereocenters. The quantitative estimate of drug-likeness (QED) is 0.430. The van der Waals surface area contributed by atoms with Crippen LogP contribution in [0, 0.1) is 0 Å². The number of rotatable bonds is 2. The zero-order chi connectivity index (χ0) is 13.4. The minimum Gasteiger partial charge on any atom is -0.417 e. The number of alkyl halides is 2. The van der Waals surface area contributed by atoms with Gasteiger partial charge < -0.3 is 4.74 Å². The number of allylic oxidation sites excluding steroid dienone is 2. The Kier molecular flexibility index (Phi) is 3.40. The highest BCUT2D eigenvalue weighted by Gasteiger charge is 2.50. The van der Waals surface area contributed by atoms with Crippen LogP contribution >= 0.6 is 0 Å². The molecular weight excluding hydrogens is 247 g/mol. The van der Waals surface area contributed by atoms with E-state index in [1.165, 1.54) is 0 Å². The highest BCUT2D eigenvalue weighted by molar-refractivity contribution is 5.87. The Morgan fingerprint density at radius 2 is 2.00 bits per heavy atom. The molecule has 0 radical (unpaired) electrons. The normalized spacial score (nSPS) is 28.8. The third-order valence-electron chi connectivity index (χ3n) is 1.91. The molecule has 0 saturated heterocycles. The summed E-state index contributed by atoms with van der Waals surface area (Å²) in [5, 5.41) is 0. The number of halogens is 5. The average Bonchev–Trinajstić information content (AvgIpc) is 2.23. The lowest BCUT2D eigenvalue weighted by Gasteiger charge is -2.27. The molecule has 94 valence electrons. The number of hydrogen-bond donors (Lipinski definition) is 0. The van der Waals surface area contributed by atoms with E-state index in [4.69, 9.17) is 0 Å². The first-order valence-electron chi connectivity index (χ1n) is 4.34. The molecule has 0 aliphatic heterocycles. The molecule has 17 heavy (non-hydrogen) atoms. The Balaban J connectivity index is 3.07. The molecule has 2 nitrogen and oxygen atoms in total. The van der Waals surface area contributed by atoms with Crippen molar-refractivity contribution in [1.82, 2.24) is 0 Å². The number of carbonyl (C=O) groups is 1. The minimum atomic E-state index is -3.72. The molecule has 2 unspecified atom stereocenters. The number of carbonyl (C=O) groups excluding carboxylic acids is 1. The average molecular weight is 254 g/mol. The van der Waals surface area contributed by atoms with E-state index < -0.39 is 35.5 Å². The Bertz CT molecular complexity index is 440. The Labute approximate surface area is 93.1 Å². The fraction of sp³-hybridized carbons (Fsp3) is 0.300. The molecule has 0 heterocycles. The van der Waals surface area contributed by atoms with Crippen molar-refractivity contribution in [2.24, 2.45) is 0 Å². The number of ether oxygens (including phenoxy) is 1. The highest BCUT2D eigenvalue weighted by atomic mass is 19.2. The fourth-order valence-electron chi connectivity index (χ4n) is 1.02. The van der Waals surface area contributed by atoms with Crippen LogP contribution in [0.1, 0.15) is 6.92 Å². The Hall–Kier alpha value is -1.66. The van der Waals surface area contributed by atoms with Gasteiger partial charge in [-0.3, -0.25) is 0 Å². The molecule has 0 N–H and O–H groups in total. The highest BCUT2D eigenvalue weighted by Crippen LogP contribution is 2.39. The summed E-state index contributed by atoms with van der Waals surface area (Å²) >= 11 is 0. The third kappa shape index (κ3) is 2.37. The van der Waals surface area contributed by atoms with Crippen LogP contribution in [0.15, 0.2) is 35.7 Å². The molecule has 0 bridgehead atoms. The first-order chi connectivity index (χ1) is 7.69. The second kappa shape index (κ2) is 4.31. The zero-order valence-electron chi connectivity index (χ0n) is 8.57. The van der Waals surface area contributed by atoms with Crippen molar-refractivity contribution in [1.29, 1.82) is 0 Å². The van der Waals surface area contributed by atoms with Crippen molar-refractivity contribution in [2.75, 3.05) is 0 Å². The van der Waals surface area contributed by atoms with E-state index in [0.29, 0.717) is 0 Å². The van der Waals surface area contributed by atoms with Gasteiger partial charge in [-0.15, -0.1) is 0 Å². The second-order valence-corrected chi connectivity index (χ2v) is 3.38. The van der Waals surface area contributed by atoms with Gasteiger partial charge in [0.15, 0.2) is 17.5 Å². The van der Waals surface area contributed by atoms with Gasteiger partial charge in [-0.1, -0.05) is 6.58 Å². The van der Waals surface area contributed by atoms with Crippen LogP contribution in [0.25, 0.3) is 0 Å². The molecule has 0 amide bonds. The van der Waals surface area contributed by atoms with Crippen LogP contribution in [-0.4, -0.2) is 18.0 Å². The third-order valence-corrected chi connectivity index (χ3v) is 1.91. The topological polar surface area (TPSA) is 26.3 Å². The lowest BCUT2D eigenvalue weighted by Crippen LogP contribution is -2.41. The van der Waals surface area contributed by atoms with Crippen molar-refractivity contribution in [2.45, 2.75) is 19.0 Å². The summed E-state index contributed by atoms with van der Waals surface area (Å²) in [6, 6.07) is 0. The molecule has 0 fully saturated rings. The molecule has 0 aromatic rings. The molecule has 0 aromatic heterocycles. The van der Waals surface area contributed by atoms with Crippen LogP contribution < -0.4 is 0 Å². The number of esters is 1. The van der Waals surface area contributed by atoms with Gasteiger partial charge in [0.25, 0.3) is 0 Å². The SMILES string of the molecule is C=C(C)C(=O)OC1(F)C=C(F)C(F)=C(F)C1F. The first-order valence-corrected chi connectivity index (χ1v) is 4.34. The van der Waals surface area contributed by atoms with Gasteiger partial charge >= 0.3 is 11.8 Å². The summed E-state index contributed by atoms with van der Waals surface area (Å²) in [5.74, 6) is -11.6. The fourth-order valence-corrected chi connectivity index (χ4v) is 1.02. The van der Waals surface area contributed by atoms with Crippen LogP contribution in [-0.2, 0) is 9.53 Å². The van der Waals surface area contributed by atoms with E-state index in [9.17, 15) is 26.7 Å². The maximum absolute atomic E-state index is 13.6. The van der Waals surface area contributed by atoms with E-state index in [0.717, 1.165) is 6.92 Å². The Morgan fingerprint density at radius 3 is 2.47 bits per heavy atom. The molecule has 0 saturated carbocycles. The predicted octanol–water partition coefficient (Wildman–Crippen LogP) is 3.13. The van der Waals surface area contributed by atoms with Crippen molar-refractivity contribution >= 4 is 5.97 Å². The maximum Gasteiger partial charge on any atom is 0.336 e. The summed E-state index contributed by atoms with van der Waals surface area (Å²) in [6.07, 6.45) is -3.54. The predicted molar refractivity (Wildman–Crippen MR) is 48.1 cm³/mol. The Morgan fingerprint density at radius 1 is 1.47 bits per heavy atom. The van der Waals surface area contributed by atoms with Crippen LogP contribution in [0.2, 0.25) is 0 Å². The largest absolute Gasteiger partial charge is 0.417 e.